The first-order valence-electron chi connectivity index (χ1n) is 9.97. The minimum Gasteiger partial charge on any atom is -0.360 e. The van der Waals surface area contributed by atoms with E-state index in [1.165, 1.54) is 6.08 Å². The highest BCUT2D eigenvalue weighted by Gasteiger charge is 2.36. The number of Topliss-reactive ketones (excluding diaryl/α,β-unsaturated/α-hetero) is 2. The molecule has 3 aliphatic rings. The van der Waals surface area contributed by atoms with E-state index in [1.807, 2.05) is 21.1 Å². The predicted molar refractivity (Wildman–Crippen MR) is 116 cm³/mol. The van der Waals surface area contributed by atoms with E-state index in [-0.39, 0.29) is 5.78 Å². The number of ketones is 3. The van der Waals surface area contributed by atoms with E-state index >= 15 is 0 Å². The summed E-state index contributed by atoms with van der Waals surface area (Å²) in [5.74, 6) is -1.29. The summed E-state index contributed by atoms with van der Waals surface area (Å²) in [6.45, 7) is 1.48. The minimum absolute atomic E-state index is 0.163. The number of carbonyl (C=O) groups excluding carboxylic acids is 3. The Labute approximate surface area is 174 Å². The van der Waals surface area contributed by atoms with E-state index in [2.05, 4.69) is 20.2 Å². The van der Waals surface area contributed by atoms with Crippen LogP contribution in [0.2, 0.25) is 0 Å². The van der Waals surface area contributed by atoms with Crippen molar-refractivity contribution in [1.82, 2.24) is 15.2 Å². The monoisotopic (exact) mass is 404 g/mol. The molecule has 0 bridgehead atoms. The Kier molecular flexibility index (Phi) is 5.32. The van der Waals surface area contributed by atoms with Gasteiger partial charge < -0.3 is 15.2 Å². The molecule has 2 N–H and O–H groups in total. The third-order valence-corrected chi connectivity index (χ3v) is 5.54. The van der Waals surface area contributed by atoms with Crippen LogP contribution in [-0.2, 0) is 16.0 Å². The number of fused-ring (bicyclic) bond motifs is 2. The van der Waals surface area contributed by atoms with Gasteiger partial charge in [-0.1, -0.05) is 0 Å². The highest BCUT2D eigenvalue weighted by atomic mass is 16.2. The van der Waals surface area contributed by atoms with Crippen LogP contribution in [0.1, 0.15) is 28.0 Å². The molecule has 0 saturated carbocycles. The normalized spacial score (nSPS) is 18.0. The number of aliphatic imine (C=N–C) groups is 1. The van der Waals surface area contributed by atoms with E-state index in [0.717, 1.165) is 17.7 Å². The van der Waals surface area contributed by atoms with Gasteiger partial charge in [0.1, 0.15) is 0 Å². The van der Waals surface area contributed by atoms with Crippen LogP contribution in [0.3, 0.4) is 0 Å². The Balaban J connectivity index is 1.73. The second kappa shape index (κ2) is 7.93. The SMILES string of the molecule is CNCCc1c[nH]c2c1C(=O)C(=O)C=C2C1=CC=C2N=CC(CCN(C)C)=C2C1=O. The van der Waals surface area contributed by atoms with Crippen LogP contribution in [0.25, 0.3) is 5.57 Å². The summed E-state index contributed by atoms with van der Waals surface area (Å²) in [5, 5.41) is 3.05. The molecule has 0 amide bonds. The summed E-state index contributed by atoms with van der Waals surface area (Å²) in [5.41, 5.74) is 4.70. The molecule has 2 heterocycles. The number of nitrogens with one attached hydrogen (secondary N) is 2. The fourth-order valence-electron chi connectivity index (χ4n) is 3.95. The number of allylic oxidation sites excluding steroid dienone is 6. The molecule has 154 valence electrons. The maximum Gasteiger partial charge on any atom is 0.235 e. The molecule has 0 unspecified atom stereocenters. The maximum absolute atomic E-state index is 13.4. The first-order valence-corrected chi connectivity index (χ1v) is 9.97. The Morgan fingerprint density at radius 2 is 1.87 bits per heavy atom. The van der Waals surface area contributed by atoms with Crippen molar-refractivity contribution < 1.29 is 14.4 Å². The number of hydrogen-bond acceptors (Lipinski definition) is 6. The topological polar surface area (TPSA) is 94.6 Å². The third kappa shape index (κ3) is 3.36. The van der Waals surface area contributed by atoms with Crippen molar-refractivity contribution in [3.05, 3.63) is 63.7 Å². The lowest BCUT2D eigenvalue weighted by atomic mass is 9.82. The van der Waals surface area contributed by atoms with E-state index in [4.69, 9.17) is 0 Å². The average molecular weight is 404 g/mol. The molecule has 0 radical (unpaired) electrons. The van der Waals surface area contributed by atoms with Crippen LogP contribution >= 0.6 is 0 Å². The van der Waals surface area contributed by atoms with Crippen LogP contribution in [0.15, 0.2) is 51.8 Å². The Bertz CT molecular complexity index is 1110. The van der Waals surface area contributed by atoms with E-state index in [0.29, 0.717) is 53.1 Å². The van der Waals surface area contributed by atoms with Gasteiger partial charge in [0.15, 0.2) is 5.78 Å². The number of hydrogen-bond donors (Lipinski definition) is 2. The van der Waals surface area contributed by atoms with Gasteiger partial charge in [-0.3, -0.25) is 19.4 Å². The highest BCUT2D eigenvalue weighted by Crippen LogP contribution is 2.38. The zero-order valence-electron chi connectivity index (χ0n) is 17.3. The van der Waals surface area contributed by atoms with Crippen LogP contribution in [0, 0.1) is 0 Å². The van der Waals surface area contributed by atoms with Gasteiger partial charge in [-0.2, -0.15) is 0 Å². The van der Waals surface area contributed by atoms with Gasteiger partial charge in [-0.05, 0) is 69.9 Å². The van der Waals surface area contributed by atoms with E-state index < -0.39 is 11.6 Å². The molecule has 2 aliphatic carbocycles. The number of rotatable bonds is 7. The standard InChI is InChI=1S/C23H24N4O3/c1-24-8-6-13-12-26-21-16(10-18(28)23(30)20(13)21)15-4-5-17-19(22(15)29)14(11-25-17)7-9-27(2)3/h4-5,10-12,24,26H,6-9H2,1-3H3. The van der Waals surface area contributed by atoms with Gasteiger partial charge in [0, 0.05) is 30.1 Å². The van der Waals surface area contributed by atoms with Gasteiger partial charge in [0.2, 0.25) is 11.6 Å². The first-order chi connectivity index (χ1) is 14.4. The molecule has 0 spiro atoms. The molecular formula is C23H24N4O3. The molecule has 0 atom stereocenters. The average Bonchev–Trinajstić information content (AvgIpc) is 3.33. The highest BCUT2D eigenvalue weighted by molar-refractivity contribution is 6.52. The zero-order valence-corrected chi connectivity index (χ0v) is 17.3. The van der Waals surface area contributed by atoms with Crippen molar-refractivity contribution in [2.45, 2.75) is 12.8 Å². The number of carbonyl (C=O) groups is 3. The molecule has 1 aliphatic heterocycles. The molecular weight excluding hydrogens is 380 g/mol. The van der Waals surface area contributed by atoms with Crippen molar-refractivity contribution in [3.63, 3.8) is 0 Å². The van der Waals surface area contributed by atoms with Gasteiger partial charge in [-0.25, -0.2) is 0 Å². The first kappa shape index (κ1) is 20.1. The van der Waals surface area contributed by atoms with Crippen LogP contribution in [0.4, 0.5) is 0 Å². The molecule has 4 rings (SSSR count). The minimum atomic E-state index is -0.601. The number of nitrogens with zero attached hydrogens (tertiary/aromatic N) is 2. The Morgan fingerprint density at radius 1 is 1.07 bits per heavy atom. The number of aromatic nitrogens is 1. The zero-order chi connectivity index (χ0) is 21.4. The smallest absolute Gasteiger partial charge is 0.235 e. The Hall–Kier alpha value is -3.16. The molecule has 7 nitrogen and oxygen atoms in total. The van der Waals surface area contributed by atoms with Gasteiger partial charge in [0.05, 0.1) is 22.5 Å². The van der Waals surface area contributed by atoms with Crippen molar-refractivity contribution in [3.8, 4) is 0 Å². The van der Waals surface area contributed by atoms with Crippen LogP contribution in [0.5, 0.6) is 0 Å². The lowest BCUT2D eigenvalue weighted by Gasteiger charge is -2.19. The fourth-order valence-corrected chi connectivity index (χ4v) is 3.95. The largest absolute Gasteiger partial charge is 0.360 e. The van der Waals surface area contributed by atoms with Crippen molar-refractivity contribution in [2.75, 3.05) is 34.2 Å². The predicted octanol–water partition coefficient (Wildman–Crippen LogP) is 1.65. The lowest BCUT2D eigenvalue weighted by Crippen LogP contribution is -2.23. The molecule has 0 saturated heterocycles. The number of aromatic amines is 1. The van der Waals surface area contributed by atoms with Crippen molar-refractivity contribution in [1.29, 1.82) is 0 Å². The molecule has 0 fully saturated rings. The van der Waals surface area contributed by atoms with Crippen molar-refractivity contribution in [2.24, 2.45) is 4.99 Å². The summed E-state index contributed by atoms with van der Waals surface area (Å²) >= 11 is 0. The van der Waals surface area contributed by atoms with Crippen molar-refractivity contribution >= 4 is 29.1 Å². The number of H-pyrrole nitrogens is 1. The molecule has 0 aromatic carbocycles. The lowest BCUT2D eigenvalue weighted by molar-refractivity contribution is -0.111. The molecule has 1 aromatic heterocycles. The Morgan fingerprint density at radius 3 is 2.60 bits per heavy atom. The van der Waals surface area contributed by atoms with Gasteiger partial charge in [0.25, 0.3) is 0 Å². The third-order valence-electron chi connectivity index (χ3n) is 5.54. The quantitative estimate of drug-likeness (QED) is 0.674. The number of likely N-dealkylation sites (N-methyl/N-ethyl adjacent to an activating group) is 1. The summed E-state index contributed by atoms with van der Waals surface area (Å²) < 4.78 is 0. The van der Waals surface area contributed by atoms with Gasteiger partial charge >= 0.3 is 0 Å². The fraction of sp³-hybridized carbons (Fsp3) is 0.304. The maximum atomic E-state index is 13.4. The molecule has 30 heavy (non-hydrogen) atoms. The van der Waals surface area contributed by atoms with E-state index in [1.54, 1.807) is 24.6 Å². The van der Waals surface area contributed by atoms with E-state index in [9.17, 15) is 14.4 Å². The second-order valence-electron chi connectivity index (χ2n) is 7.84. The summed E-state index contributed by atoms with van der Waals surface area (Å²) in [4.78, 5) is 48.0. The molecule has 7 heteroatoms. The summed E-state index contributed by atoms with van der Waals surface area (Å²) in [6.07, 6.45) is 9.60. The summed E-state index contributed by atoms with van der Waals surface area (Å²) in [6, 6.07) is 0. The van der Waals surface area contributed by atoms with Gasteiger partial charge in [-0.15, -0.1) is 0 Å². The van der Waals surface area contributed by atoms with Crippen LogP contribution in [-0.4, -0.2) is 67.7 Å². The second-order valence-corrected chi connectivity index (χ2v) is 7.84. The summed E-state index contributed by atoms with van der Waals surface area (Å²) in [7, 11) is 5.80. The van der Waals surface area contributed by atoms with Crippen LogP contribution < -0.4 is 5.32 Å². The molecule has 1 aromatic rings.